The molecule has 0 aliphatic carbocycles. The first-order valence-corrected chi connectivity index (χ1v) is 7.45. The summed E-state index contributed by atoms with van der Waals surface area (Å²) in [7, 11) is 0. The lowest BCUT2D eigenvalue weighted by Gasteiger charge is -2.12. The van der Waals surface area contributed by atoms with E-state index in [-0.39, 0.29) is 0 Å². The van der Waals surface area contributed by atoms with Crippen molar-refractivity contribution in [3.05, 3.63) is 41.6 Å². The van der Waals surface area contributed by atoms with Crippen molar-refractivity contribution in [2.24, 2.45) is 0 Å². The van der Waals surface area contributed by atoms with Crippen LogP contribution in [0.1, 0.15) is 44.2 Å². The molecule has 112 valence electrons. The van der Waals surface area contributed by atoms with E-state index in [2.05, 4.69) is 54.3 Å². The molecule has 0 saturated carbocycles. The van der Waals surface area contributed by atoms with Crippen molar-refractivity contribution in [1.82, 2.24) is 9.97 Å². The fraction of sp³-hybridized carbons (Fsp3) is 0.412. The van der Waals surface area contributed by atoms with E-state index >= 15 is 0 Å². The van der Waals surface area contributed by atoms with E-state index in [4.69, 9.17) is 4.74 Å². The Bertz CT molecular complexity index is 596. The van der Waals surface area contributed by atoms with Crippen LogP contribution in [0.3, 0.4) is 0 Å². The minimum atomic E-state index is 0.472. The molecule has 0 aliphatic heterocycles. The molecule has 0 radical (unpaired) electrons. The second-order valence-corrected chi connectivity index (χ2v) is 5.43. The molecule has 0 atom stereocenters. The van der Waals surface area contributed by atoms with Gasteiger partial charge in [-0.15, -0.1) is 0 Å². The van der Waals surface area contributed by atoms with E-state index in [9.17, 15) is 0 Å². The highest BCUT2D eigenvalue weighted by atomic mass is 16.5. The van der Waals surface area contributed by atoms with Gasteiger partial charge in [0.15, 0.2) is 0 Å². The van der Waals surface area contributed by atoms with Crippen molar-refractivity contribution in [2.75, 3.05) is 11.9 Å². The minimum absolute atomic E-state index is 0.472. The first kappa shape index (κ1) is 15.3. The molecule has 1 aromatic carbocycles. The molecular formula is C17H23N3O. The number of aryl methyl sites for hydroxylation is 1. The van der Waals surface area contributed by atoms with Crippen LogP contribution in [0, 0.1) is 6.92 Å². The third kappa shape index (κ3) is 4.18. The molecule has 0 bridgehead atoms. The van der Waals surface area contributed by atoms with Crippen molar-refractivity contribution >= 4 is 5.95 Å². The lowest BCUT2D eigenvalue weighted by atomic mass is 10.0. The summed E-state index contributed by atoms with van der Waals surface area (Å²) in [6, 6.07) is 8.09. The van der Waals surface area contributed by atoms with E-state index in [0.29, 0.717) is 17.7 Å². The summed E-state index contributed by atoms with van der Waals surface area (Å²) in [5, 5.41) is 3.16. The van der Waals surface area contributed by atoms with Gasteiger partial charge in [-0.3, -0.25) is 0 Å². The molecule has 0 saturated heterocycles. The molecule has 4 nitrogen and oxygen atoms in total. The van der Waals surface area contributed by atoms with E-state index in [0.717, 1.165) is 24.3 Å². The van der Waals surface area contributed by atoms with Gasteiger partial charge in [0.05, 0.1) is 0 Å². The Morgan fingerprint density at radius 3 is 2.76 bits per heavy atom. The van der Waals surface area contributed by atoms with Crippen LogP contribution in [0.4, 0.5) is 5.95 Å². The fourth-order valence-corrected chi connectivity index (χ4v) is 1.92. The standard InChI is InChI=1S/C17H23N3O/c1-5-9-18-17-19-10-8-16(20-17)21-15-11-14(12(2)3)7-6-13(15)4/h6-8,10-12H,5,9H2,1-4H3,(H,18,19,20). The first-order valence-electron chi connectivity index (χ1n) is 7.45. The molecule has 0 amide bonds. The van der Waals surface area contributed by atoms with Crippen molar-refractivity contribution in [3.8, 4) is 11.6 Å². The normalized spacial score (nSPS) is 10.7. The summed E-state index contributed by atoms with van der Waals surface area (Å²) >= 11 is 0. The summed E-state index contributed by atoms with van der Waals surface area (Å²) in [4.78, 5) is 8.56. The van der Waals surface area contributed by atoms with Gasteiger partial charge in [0, 0.05) is 18.8 Å². The van der Waals surface area contributed by atoms with Crippen LogP contribution in [-0.4, -0.2) is 16.5 Å². The third-order valence-corrected chi connectivity index (χ3v) is 3.26. The zero-order chi connectivity index (χ0) is 15.2. The largest absolute Gasteiger partial charge is 0.439 e. The van der Waals surface area contributed by atoms with E-state index in [1.807, 2.05) is 6.92 Å². The van der Waals surface area contributed by atoms with Crippen molar-refractivity contribution < 1.29 is 4.74 Å². The number of hydrogen-bond donors (Lipinski definition) is 1. The molecule has 4 heteroatoms. The minimum Gasteiger partial charge on any atom is -0.439 e. The second-order valence-electron chi connectivity index (χ2n) is 5.43. The Kier molecular flexibility index (Phi) is 5.14. The van der Waals surface area contributed by atoms with Crippen LogP contribution >= 0.6 is 0 Å². The maximum atomic E-state index is 5.93. The quantitative estimate of drug-likeness (QED) is 0.847. The van der Waals surface area contributed by atoms with Gasteiger partial charge in [0.25, 0.3) is 0 Å². The molecular weight excluding hydrogens is 262 g/mol. The van der Waals surface area contributed by atoms with Gasteiger partial charge in [-0.1, -0.05) is 32.9 Å². The van der Waals surface area contributed by atoms with Crippen LogP contribution in [0.25, 0.3) is 0 Å². The topological polar surface area (TPSA) is 47.0 Å². The lowest BCUT2D eigenvalue weighted by molar-refractivity contribution is 0.458. The molecule has 1 aromatic heterocycles. The molecule has 2 rings (SSSR count). The summed E-state index contributed by atoms with van der Waals surface area (Å²) in [5.74, 6) is 2.49. The van der Waals surface area contributed by atoms with Gasteiger partial charge in [-0.05, 0) is 36.5 Å². The Labute approximate surface area is 126 Å². The molecule has 0 spiro atoms. The number of nitrogens with one attached hydrogen (secondary N) is 1. The number of ether oxygens (including phenoxy) is 1. The average molecular weight is 285 g/mol. The molecule has 0 fully saturated rings. The lowest BCUT2D eigenvalue weighted by Crippen LogP contribution is -2.04. The van der Waals surface area contributed by atoms with E-state index < -0.39 is 0 Å². The van der Waals surface area contributed by atoms with Crippen LogP contribution in [0.2, 0.25) is 0 Å². The number of aromatic nitrogens is 2. The van der Waals surface area contributed by atoms with E-state index in [1.165, 1.54) is 5.56 Å². The summed E-state index contributed by atoms with van der Waals surface area (Å²) in [6.45, 7) is 9.34. The Hall–Kier alpha value is -2.10. The third-order valence-electron chi connectivity index (χ3n) is 3.26. The predicted molar refractivity (Wildman–Crippen MR) is 86.2 cm³/mol. The maximum Gasteiger partial charge on any atom is 0.225 e. The van der Waals surface area contributed by atoms with Gasteiger partial charge < -0.3 is 10.1 Å². The van der Waals surface area contributed by atoms with Gasteiger partial charge >= 0.3 is 0 Å². The van der Waals surface area contributed by atoms with Gasteiger partial charge in [-0.2, -0.15) is 4.98 Å². The first-order chi connectivity index (χ1) is 10.1. The Balaban J connectivity index is 2.19. The maximum absolute atomic E-state index is 5.93. The zero-order valence-corrected chi connectivity index (χ0v) is 13.2. The van der Waals surface area contributed by atoms with Crippen molar-refractivity contribution in [2.45, 2.75) is 40.0 Å². The smallest absolute Gasteiger partial charge is 0.225 e. The number of rotatable bonds is 6. The zero-order valence-electron chi connectivity index (χ0n) is 13.2. The van der Waals surface area contributed by atoms with E-state index in [1.54, 1.807) is 12.3 Å². The number of nitrogens with zero attached hydrogens (tertiary/aromatic N) is 2. The average Bonchev–Trinajstić information content (AvgIpc) is 2.47. The van der Waals surface area contributed by atoms with Gasteiger partial charge in [0.2, 0.25) is 11.8 Å². The second kappa shape index (κ2) is 7.07. The molecule has 2 aromatic rings. The predicted octanol–water partition coefficient (Wildman–Crippen LogP) is 4.52. The van der Waals surface area contributed by atoms with Crippen molar-refractivity contribution in [3.63, 3.8) is 0 Å². The molecule has 1 heterocycles. The SMILES string of the molecule is CCCNc1nccc(Oc2cc(C(C)C)ccc2C)n1. The Morgan fingerprint density at radius 1 is 1.24 bits per heavy atom. The highest BCUT2D eigenvalue weighted by Gasteiger charge is 2.07. The number of benzene rings is 1. The number of hydrogen-bond acceptors (Lipinski definition) is 4. The molecule has 1 N–H and O–H groups in total. The monoisotopic (exact) mass is 285 g/mol. The van der Waals surface area contributed by atoms with Gasteiger partial charge in [0.1, 0.15) is 5.75 Å². The van der Waals surface area contributed by atoms with Crippen LogP contribution in [-0.2, 0) is 0 Å². The highest BCUT2D eigenvalue weighted by Crippen LogP contribution is 2.28. The van der Waals surface area contributed by atoms with Crippen LogP contribution in [0.15, 0.2) is 30.5 Å². The molecule has 21 heavy (non-hydrogen) atoms. The summed E-state index contributed by atoms with van der Waals surface area (Å²) in [5.41, 5.74) is 2.36. The fourth-order valence-electron chi connectivity index (χ4n) is 1.92. The van der Waals surface area contributed by atoms with Crippen molar-refractivity contribution in [1.29, 1.82) is 0 Å². The number of anilines is 1. The highest BCUT2D eigenvalue weighted by molar-refractivity contribution is 5.40. The molecule has 0 aliphatic rings. The molecule has 0 unspecified atom stereocenters. The summed E-state index contributed by atoms with van der Waals surface area (Å²) in [6.07, 6.45) is 2.74. The Morgan fingerprint density at radius 2 is 2.05 bits per heavy atom. The van der Waals surface area contributed by atoms with Crippen LogP contribution in [0.5, 0.6) is 11.6 Å². The van der Waals surface area contributed by atoms with Gasteiger partial charge in [-0.25, -0.2) is 4.98 Å². The van der Waals surface area contributed by atoms with Crippen LogP contribution < -0.4 is 10.1 Å². The summed E-state index contributed by atoms with van der Waals surface area (Å²) < 4.78 is 5.93.